The fourth-order valence-electron chi connectivity index (χ4n) is 2.80. The second-order valence-corrected chi connectivity index (χ2v) is 6.02. The van der Waals surface area contributed by atoms with Gasteiger partial charge in [-0.2, -0.15) is 0 Å². The lowest BCUT2D eigenvalue weighted by Gasteiger charge is -2.22. The van der Waals surface area contributed by atoms with Crippen LogP contribution in [0.2, 0.25) is 0 Å². The number of hydrogen-bond acceptors (Lipinski definition) is 2. The lowest BCUT2D eigenvalue weighted by Crippen LogP contribution is -2.32. The van der Waals surface area contributed by atoms with Gasteiger partial charge in [0, 0.05) is 24.5 Å². The van der Waals surface area contributed by atoms with Gasteiger partial charge in [0.25, 0.3) is 5.91 Å². The maximum Gasteiger partial charge on any atom is 0.257 e. The molecule has 1 heterocycles. The minimum atomic E-state index is -0.578. The van der Waals surface area contributed by atoms with Gasteiger partial charge in [0.15, 0.2) is 0 Å². The van der Waals surface area contributed by atoms with E-state index in [-0.39, 0.29) is 31.0 Å². The minimum Gasteiger partial charge on any atom is -0.329 e. The van der Waals surface area contributed by atoms with E-state index in [9.17, 15) is 13.6 Å². The maximum atomic E-state index is 14.0. The fraction of sp³-hybridized carbons (Fsp3) is 0.143. The normalized spacial score (nSPS) is 10.6. The molecule has 0 saturated carbocycles. The summed E-state index contributed by atoms with van der Waals surface area (Å²) in [6.07, 6.45) is 4.89. The highest BCUT2D eigenvalue weighted by molar-refractivity contribution is 5.94. The third kappa shape index (κ3) is 4.28. The Kier molecular flexibility index (Phi) is 5.76. The second kappa shape index (κ2) is 8.40. The van der Waals surface area contributed by atoms with E-state index < -0.39 is 11.7 Å². The van der Waals surface area contributed by atoms with Crippen molar-refractivity contribution in [1.82, 2.24) is 14.5 Å². The topological polar surface area (TPSA) is 38.1 Å². The Labute approximate surface area is 156 Å². The van der Waals surface area contributed by atoms with Crippen molar-refractivity contribution in [1.29, 1.82) is 0 Å². The first-order chi connectivity index (χ1) is 13.1. The van der Waals surface area contributed by atoms with Crippen molar-refractivity contribution in [2.75, 3.05) is 6.54 Å². The van der Waals surface area contributed by atoms with Gasteiger partial charge in [0.05, 0.1) is 18.7 Å². The summed E-state index contributed by atoms with van der Waals surface area (Å²) in [4.78, 5) is 18.5. The van der Waals surface area contributed by atoms with Crippen LogP contribution in [0, 0.1) is 11.6 Å². The first-order valence-electron chi connectivity index (χ1n) is 8.48. The van der Waals surface area contributed by atoms with E-state index in [1.165, 1.54) is 29.2 Å². The molecule has 0 aliphatic heterocycles. The standard InChI is InChI=1S/C21H19F2N3O/c1-2-12-26(21(27)17-8-4-6-10-19(17)23)15-20-24-11-13-25(20)14-16-7-3-5-9-18(16)22/h2-11,13H,1,12,14-15H2. The molecule has 2 aromatic carbocycles. The number of imidazole rings is 1. The number of aromatic nitrogens is 2. The van der Waals surface area contributed by atoms with Gasteiger partial charge in [-0.25, -0.2) is 13.8 Å². The summed E-state index contributed by atoms with van der Waals surface area (Å²) in [5.41, 5.74) is 0.513. The van der Waals surface area contributed by atoms with Crippen LogP contribution in [0.3, 0.4) is 0 Å². The quantitative estimate of drug-likeness (QED) is 0.591. The van der Waals surface area contributed by atoms with E-state index in [0.717, 1.165) is 0 Å². The predicted molar refractivity (Wildman–Crippen MR) is 99.1 cm³/mol. The molecule has 0 bridgehead atoms. The summed E-state index contributed by atoms with van der Waals surface area (Å²) in [5, 5.41) is 0. The Hall–Kier alpha value is -3.28. The molecule has 0 unspecified atom stereocenters. The van der Waals surface area contributed by atoms with Gasteiger partial charge in [-0.15, -0.1) is 6.58 Å². The van der Waals surface area contributed by atoms with E-state index >= 15 is 0 Å². The van der Waals surface area contributed by atoms with Gasteiger partial charge in [-0.3, -0.25) is 4.79 Å². The molecule has 0 radical (unpaired) electrons. The summed E-state index contributed by atoms with van der Waals surface area (Å²) in [7, 11) is 0. The number of carbonyl (C=O) groups is 1. The third-order valence-corrected chi connectivity index (χ3v) is 4.17. The number of benzene rings is 2. The predicted octanol–water partition coefficient (Wildman–Crippen LogP) is 4.04. The van der Waals surface area contributed by atoms with Crippen LogP contribution in [-0.2, 0) is 13.1 Å². The monoisotopic (exact) mass is 367 g/mol. The molecule has 0 aliphatic rings. The zero-order valence-electron chi connectivity index (χ0n) is 14.7. The lowest BCUT2D eigenvalue weighted by atomic mass is 10.2. The highest BCUT2D eigenvalue weighted by atomic mass is 19.1. The second-order valence-electron chi connectivity index (χ2n) is 6.02. The molecule has 0 aliphatic carbocycles. The molecule has 0 spiro atoms. The van der Waals surface area contributed by atoms with Crippen molar-refractivity contribution in [2.45, 2.75) is 13.1 Å². The summed E-state index contributed by atoms with van der Waals surface area (Å²) in [5.74, 6) is -0.757. The summed E-state index contributed by atoms with van der Waals surface area (Å²) >= 11 is 0. The van der Waals surface area contributed by atoms with Crippen molar-refractivity contribution >= 4 is 5.91 Å². The molecule has 1 amide bonds. The van der Waals surface area contributed by atoms with Crippen LogP contribution in [0.1, 0.15) is 21.7 Å². The van der Waals surface area contributed by atoms with Crippen molar-refractivity contribution in [3.8, 4) is 0 Å². The molecule has 3 aromatic rings. The summed E-state index contributed by atoms with van der Waals surface area (Å²) in [6, 6.07) is 12.3. The molecule has 3 rings (SSSR count). The maximum absolute atomic E-state index is 14.0. The molecule has 4 nitrogen and oxygen atoms in total. The molecule has 6 heteroatoms. The molecule has 27 heavy (non-hydrogen) atoms. The molecule has 0 saturated heterocycles. The molecule has 1 aromatic heterocycles. The van der Waals surface area contributed by atoms with Gasteiger partial charge >= 0.3 is 0 Å². The first-order valence-corrected chi connectivity index (χ1v) is 8.48. The molecular formula is C21H19F2N3O. The zero-order chi connectivity index (χ0) is 19.2. The van der Waals surface area contributed by atoms with E-state index in [0.29, 0.717) is 11.4 Å². The van der Waals surface area contributed by atoms with Gasteiger partial charge in [0.2, 0.25) is 0 Å². The number of carbonyl (C=O) groups excluding carboxylic acids is 1. The molecule has 138 valence electrons. The van der Waals surface area contributed by atoms with E-state index in [2.05, 4.69) is 11.6 Å². The van der Waals surface area contributed by atoms with Gasteiger partial charge in [0.1, 0.15) is 17.5 Å². The number of rotatable bonds is 7. The summed E-state index contributed by atoms with van der Waals surface area (Å²) in [6.45, 7) is 4.34. The fourth-order valence-corrected chi connectivity index (χ4v) is 2.80. The average Bonchev–Trinajstić information content (AvgIpc) is 3.10. The Morgan fingerprint density at radius 2 is 1.81 bits per heavy atom. The van der Waals surface area contributed by atoms with Crippen molar-refractivity contribution in [2.24, 2.45) is 0 Å². The molecule has 0 N–H and O–H groups in total. The highest BCUT2D eigenvalue weighted by Crippen LogP contribution is 2.15. The van der Waals surface area contributed by atoms with Gasteiger partial charge in [-0.05, 0) is 18.2 Å². The van der Waals surface area contributed by atoms with Crippen LogP contribution in [0.5, 0.6) is 0 Å². The summed E-state index contributed by atoms with van der Waals surface area (Å²) < 4.78 is 29.7. The Bertz CT molecular complexity index is 952. The minimum absolute atomic E-state index is 0.00781. The van der Waals surface area contributed by atoms with Crippen LogP contribution in [0.4, 0.5) is 8.78 Å². The van der Waals surface area contributed by atoms with Gasteiger partial charge in [-0.1, -0.05) is 36.4 Å². The number of halogens is 2. The first kappa shape index (κ1) is 18.5. The molecule has 0 fully saturated rings. The number of hydrogen-bond donors (Lipinski definition) is 0. The Balaban J connectivity index is 1.83. The highest BCUT2D eigenvalue weighted by Gasteiger charge is 2.20. The van der Waals surface area contributed by atoms with E-state index in [4.69, 9.17) is 0 Å². The Morgan fingerprint density at radius 1 is 1.11 bits per heavy atom. The van der Waals surface area contributed by atoms with Crippen molar-refractivity contribution < 1.29 is 13.6 Å². The molecule has 0 atom stereocenters. The van der Waals surface area contributed by atoms with Crippen LogP contribution in [0.25, 0.3) is 0 Å². The van der Waals surface area contributed by atoms with Crippen LogP contribution in [0.15, 0.2) is 73.6 Å². The van der Waals surface area contributed by atoms with Crippen molar-refractivity contribution in [3.63, 3.8) is 0 Å². The zero-order valence-corrected chi connectivity index (χ0v) is 14.7. The smallest absolute Gasteiger partial charge is 0.257 e. The van der Waals surface area contributed by atoms with Crippen molar-refractivity contribution in [3.05, 3.63) is 102 Å². The van der Waals surface area contributed by atoms with Gasteiger partial charge < -0.3 is 9.47 Å². The van der Waals surface area contributed by atoms with E-state index in [1.54, 1.807) is 47.3 Å². The average molecular weight is 367 g/mol. The number of amides is 1. The lowest BCUT2D eigenvalue weighted by molar-refractivity contribution is 0.0752. The SMILES string of the molecule is C=CCN(Cc1nccn1Cc1ccccc1F)C(=O)c1ccccc1F. The van der Waals surface area contributed by atoms with Crippen LogP contribution >= 0.6 is 0 Å². The Morgan fingerprint density at radius 3 is 2.52 bits per heavy atom. The largest absolute Gasteiger partial charge is 0.329 e. The molecular weight excluding hydrogens is 348 g/mol. The van der Waals surface area contributed by atoms with E-state index in [1.807, 2.05) is 0 Å². The van der Waals surface area contributed by atoms with Crippen LogP contribution in [-0.4, -0.2) is 26.9 Å². The number of nitrogens with zero attached hydrogens (tertiary/aromatic N) is 3. The van der Waals surface area contributed by atoms with Crippen LogP contribution < -0.4 is 0 Å². The third-order valence-electron chi connectivity index (χ3n) is 4.17.